The topological polar surface area (TPSA) is 152 Å². The van der Waals surface area contributed by atoms with Gasteiger partial charge in [-0.1, -0.05) is 6.92 Å². The second-order valence-electron chi connectivity index (χ2n) is 11.5. The minimum absolute atomic E-state index is 0.00952. The Morgan fingerprint density at radius 3 is 2.44 bits per heavy atom. The lowest BCUT2D eigenvalue weighted by Gasteiger charge is -2.32. The normalized spacial score (nSPS) is 17.3. The van der Waals surface area contributed by atoms with Gasteiger partial charge in [-0.2, -0.15) is 13.2 Å². The summed E-state index contributed by atoms with van der Waals surface area (Å²) in [5.41, 5.74) is -5.54. The van der Waals surface area contributed by atoms with Crippen LogP contribution in [0.25, 0.3) is 11.3 Å². The zero-order valence-corrected chi connectivity index (χ0v) is 26.9. The summed E-state index contributed by atoms with van der Waals surface area (Å²) >= 11 is 0. The minimum Gasteiger partial charge on any atom is -0.493 e. The van der Waals surface area contributed by atoms with Gasteiger partial charge in [-0.25, -0.2) is 9.37 Å². The molecular formula is C33H36F4N4O7. The standard InChI is InChI=1S/C33H36F4N4O7/c1-6-27(42)48-18(2)15-46-24-12-9-21(13-25(24)45-5)30(43)39-16-32(44,33(35,36)37)26-14-23-29(47-17-31(23,4)41-19(3)38)28(40-26)20-7-10-22(34)11-8-20/h7-14,18,44H,6,15-17H2,1-5H3,(H2,38,41)(H,39,43)/t18-,31-,32-/m1/s1. The maximum Gasteiger partial charge on any atom is 0.424 e. The molecule has 48 heavy (non-hydrogen) atoms. The number of methoxy groups -OCH3 is 1. The molecule has 1 amide bonds. The number of carbonyl (C=O) groups is 2. The van der Waals surface area contributed by atoms with Gasteiger partial charge in [-0.05, 0) is 69.3 Å². The van der Waals surface area contributed by atoms with Crippen LogP contribution in [0, 0.1) is 11.2 Å². The molecule has 0 radical (unpaired) electrons. The molecular weight excluding hydrogens is 640 g/mol. The number of hydrogen-bond donors (Lipinski definition) is 4. The highest BCUT2D eigenvalue weighted by Gasteiger charge is 2.57. The predicted octanol–water partition coefficient (Wildman–Crippen LogP) is 4.99. The van der Waals surface area contributed by atoms with Crippen LogP contribution in [0.1, 0.15) is 55.7 Å². The summed E-state index contributed by atoms with van der Waals surface area (Å²) in [6, 6.07) is 9.76. The third-order valence-corrected chi connectivity index (χ3v) is 7.57. The molecule has 2 heterocycles. The Bertz CT molecular complexity index is 1690. The quantitative estimate of drug-likeness (QED) is 0.0900. The fourth-order valence-electron chi connectivity index (χ4n) is 5.04. The Morgan fingerprint density at radius 1 is 1.15 bits per heavy atom. The van der Waals surface area contributed by atoms with E-state index in [4.69, 9.17) is 24.4 Å². The van der Waals surface area contributed by atoms with Gasteiger partial charge in [-0.15, -0.1) is 0 Å². The van der Waals surface area contributed by atoms with Crippen molar-refractivity contribution in [2.45, 2.75) is 57.5 Å². The molecule has 0 unspecified atom stereocenters. The number of nitrogens with zero attached hydrogens (tertiary/aromatic N) is 1. The third-order valence-electron chi connectivity index (χ3n) is 7.57. The van der Waals surface area contributed by atoms with E-state index >= 15 is 0 Å². The number of pyridine rings is 1. The van der Waals surface area contributed by atoms with Crippen LogP contribution in [-0.4, -0.2) is 67.0 Å². The van der Waals surface area contributed by atoms with Crippen molar-refractivity contribution in [1.82, 2.24) is 15.6 Å². The second kappa shape index (κ2) is 14.1. The molecule has 3 aromatic rings. The molecule has 0 saturated carbocycles. The zero-order chi connectivity index (χ0) is 35.4. The van der Waals surface area contributed by atoms with Crippen LogP contribution >= 0.6 is 0 Å². The molecule has 258 valence electrons. The van der Waals surface area contributed by atoms with E-state index in [1.807, 2.05) is 0 Å². The van der Waals surface area contributed by atoms with Crippen LogP contribution in [0.15, 0.2) is 48.5 Å². The van der Waals surface area contributed by atoms with Crippen LogP contribution in [-0.2, 0) is 20.7 Å². The van der Waals surface area contributed by atoms with Crippen molar-refractivity contribution in [1.29, 1.82) is 5.41 Å². The smallest absolute Gasteiger partial charge is 0.424 e. The van der Waals surface area contributed by atoms with Gasteiger partial charge in [-0.3, -0.25) is 15.0 Å². The average molecular weight is 677 g/mol. The fourth-order valence-corrected chi connectivity index (χ4v) is 5.04. The molecule has 11 nitrogen and oxygen atoms in total. The van der Waals surface area contributed by atoms with E-state index in [1.54, 1.807) is 20.8 Å². The second-order valence-corrected chi connectivity index (χ2v) is 11.5. The van der Waals surface area contributed by atoms with Crippen molar-refractivity contribution in [3.8, 4) is 28.5 Å². The molecule has 3 atom stereocenters. The number of amides is 1. The molecule has 1 aromatic heterocycles. The van der Waals surface area contributed by atoms with E-state index in [9.17, 15) is 32.3 Å². The molecule has 1 aliphatic rings. The summed E-state index contributed by atoms with van der Waals surface area (Å²) in [5.74, 6) is -1.59. The third kappa shape index (κ3) is 7.62. The molecule has 4 rings (SSSR count). The number of amidine groups is 1. The van der Waals surface area contributed by atoms with Gasteiger partial charge in [0.25, 0.3) is 5.91 Å². The largest absolute Gasteiger partial charge is 0.493 e. The summed E-state index contributed by atoms with van der Waals surface area (Å²) in [6.07, 6.45) is -5.74. The van der Waals surface area contributed by atoms with E-state index in [0.29, 0.717) is 0 Å². The van der Waals surface area contributed by atoms with Gasteiger partial charge in [0.1, 0.15) is 30.8 Å². The summed E-state index contributed by atoms with van der Waals surface area (Å²) in [4.78, 5) is 28.8. The highest BCUT2D eigenvalue weighted by molar-refractivity contribution is 5.95. The zero-order valence-electron chi connectivity index (χ0n) is 26.9. The number of hydrogen-bond acceptors (Lipinski definition) is 9. The van der Waals surface area contributed by atoms with Crippen molar-refractivity contribution >= 4 is 17.7 Å². The Labute approximate surface area is 274 Å². The number of carbonyl (C=O) groups excluding carboxylic acids is 2. The van der Waals surface area contributed by atoms with Gasteiger partial charge >= 0.3 is 12.1 Å². The predicted molar refractivity (Wildman–Crippen MR) is 166 cm³/mol. The average Bonchev–Trinajstić information content (AvgIpc) is 3.36. The number of aromatic nitrogens is 1. The highest BCUT2D eigenvalue weighted by Crippen LogP contribution is 2.47. The van der Waals surface area contributed by atoms with Crippen molar-refractivity contribution in [2.24, 2.45) is 0 Å². The van der Waals surface area contributed by atoms with E-state index in [2.05, 4.69) is 15.6 Å². The van der Waals surface area contributed by atoms with Gasteiger partial charge < -0.3 is 34.7 Å². The van der Waals surface area contributed by atoms with E-state index in [-0.39, 0.29) is 65.1 Å². The summed E-state index contributed by atoms with van der Waals surface area (Å²) in [6.45, 7) is 4.90. The minimum atomic E-state index is -5.34. The number of aliphatic hydroxyl groups is 1. The molecule has 0 bridgehead atoms. The number of esters is 1. The van der Waals surface area contributed by atoms with Crippen LogP contribution in [0.4, 0.5) is 17.6 Å². The number of ether oxygens (including phenoxy) is 4. The van der Waals surface area contributed by atoms with Crippen molar-refractivity contribution in [3.05, 3.63) is 71.2 Å². The molecule has 2 aromatic carbocycles. The fraction of sp³-hybridized carbons (Fsp3) is 0.394. The first kappa shape index (κ1) is 35.9. The number of nitrogens with one attached hydrogen (secondary N) is 3. The van der Waals surface area contributed by atoms with Crippen molar-refractivity contribution in [2.75, 3.05) is 26.9 Å². The Kier molecular flexibility index (Phi) is 10.5. The van der Waals surface area contributed by atoms with Crippen LogP contribution in [0.5, 0.6) is 17.2 Å². The number of benzene rings is 2. The molecule has 0 fully saturated rings. The highest BCUT2D eigenvalue weighted by atomic mass is 19.4. The van der Waals surface area contributed by atoms with Crippen LogP contribution in [0.2, 0.25) is 0 Å². The Morgan fingerprint density at radius 2 is 1.83 bits per heavy atom. The first-order valence-electron chi connectivity index (χ1n) is 14.9. The van der Waals surface area contributed by atoms with Gasteiger partial charge in [0.15, 0.2) is 17.2 Å². The van der Waals surface area contributed by atoms with Crippen molar-refractivity contribution in [3.63, 3.8) is 0 Å². The monoisotopic (exact) mass is 676 g/mol. The van der Waals surface area contributed by atoms with E-state index < -0.39 is 53.4 Å². The maximum atomic E-state index is 14.8. The molecule has 0 spiro atoms. The molecule has 0 saturated heterocycles. The number of halogens is 4. The lowest BCUT2D eigenvalue weighted by Crippen LogP contribution is -2.52. The molecule has 1 aliphatic heterocycles. The van der Waals surface area contributed by atoms with E-state index in [0.717, 1.165) is 18.2 Å². The van der Waals surface area contributed by atoms with Gasteiger partial charge in [0.2, 0.25) is 5.60 Å². The van der Waals surface area contributed by atoms with E-state index in [1.165, 1.54) is 44.4 Å². The maximum absolute atomic E-state index is 14.8. The number of fused-ring (bicyclic) bond motifs is 1. The first-order valence-corrected chi connectivity index (χ1v) is 14.9. The Hall–Kier alpha value is -4.92. The van der Waals surface area contributed by atoms with Gasteiger partial charge in [0, 0.05) is 23.1 Å². The molecule has 15 heteroatoms. The van der Waals surface area contributed by atoms with Crippen LogP contribution in [0.3, 0.4) is 0 Å². The summed E-state index contributed by atoms with van der Waals surface area (Å²) < 4.78 is 79.9. The molecule has 4 N–H and O–H groups in total. The molecule has 0 aliphatic carbocycles. The summed E-state index contributed by atoms with van der Waals surface area (Å²) in [5, 5.41) is 24.3. The van der Waals surface area contributed by atoms with Crippen LogP contribution < -0.4 is 24.8 Å². The van der Waals surface area contributed by atoms with Gasteiger partial charge in [0.05, 0.1) is 30.7 Å². The lowest BCUT2D eigenvalue weighted by atomic mass is 9.88. The first-order chi connectivity index (χ1) is 22.5. The number of alkyl halides is 3. The van der Waals surface area contributed by atoms with Crippen molar-refractivity contribution < 1.29 is 51.2 Å². The Balaban J connectivity index is 1.66. The number of rotatable bonds is 12. The SMILES string of the molecule is CCC(=O)O[C@H](C)COc1ccc(C(=O)NC[C@@](O)(c2cc3c(c(-c4ccc(F)cc4)n2)OC[C@@]3(C)NC(C)=N)C(F)(F)F)cc1OC. The summed E-state index contributed by atoms with van der Waals surface area (Å²) in [7, 11) is 1.30. The lowest BCUT2D eigenvalue weighted by molar-refractivity contribution is -0.265.